The Balaban J connectivity index is 3.23. The molecule has 16 heavy (non-hydrogen) atoms. The Kier molecular flexibility index (Phi) is 3.58. The summed E-state index contributed by atoms with van der Waals surface area (Å²) in [6.45, 7) is 6.82. The molecule has 2 N–H and O–H groups in total. The summed E-state index contributed by atoms with van der Waals surface area (Å²) in [6, 6.07) is 0. The number of Topliss-reactive ketones (excluding diaryl/α,β-unsaturated/α-hetero) is 1. The normalized spacial score (nSPS) is 10.5. The van der Waals surface area contributed by atoms with Crippen LogP contribution in [0.5, 0.6) is 11.5 Å². The molecule has 0 aliphatic carbocycles. The van der Waals surface area contributed by atoms with Crippen LogP contribution < -0.4 is 0 Å². The summed E-state index contributed by atoms with van der Waals surface area (Å²) in [5.74, 6) is 0.499. The van der Waals surface area contributed by atoms with Crippen LogP contribution >= 0.6 is 0 Å². The molecular weight excluding hydrogens is 204 g/mol. The van der Waals surface area contributed by atoms with Gasteiger partial charge >= 0.3 is 0 Å². The number of hydrogen-bond donors (Lipinski definition) is 2. The maximum Gasteiger partial charge on any atom is 0.130 e. The molecule has 0 amide bonds. The highest BCUT2D eigenvalue weighted by molar-refractivity contribution is 5.76. The highest BCUT2D eigenvalue weighted by atomic mass is 16.3. The fraction of sp³-hybridized carbons (Fsp3) is 0.462. The van der Waals surface area contributed by atoms with E-state index in [1.165, 1.54) is 6.92 Å². The molecule has 0 atom stereocenters. The summed E-state index contributed by atoms with van der Waals surface area (Å²) < 4.78 is 0. The second-order valence-electron chi connectivity index (χ2n) is 4.25. The van der Waals surface area contributed by atoms with Crippen LogP contribution in [0.1, 0.15) is 35.6 Å². The molecule has 88 valence electrons. The lowest BCUT2D eigenvalue weighted by Crippen LogP contribution is -2.00. The predicted octanol–water partition coefficient (Wildman–Crippen LogP) is 2.54. The molecule has 0 spiro atoms. The Bertz CT molecular complexity index is 404. The number of hydrogen-bond acceptors (Lipinski definition) is 3. The monoisotopic (exact) mass is 222 g/mol. The molecule has 0 radical (unpaired) electrons. The van der Waals surface area contributed by atoms with Gasteiger partial charge in [0.15, 0.2) is 0 Å². The molecule has 1 rings (SSSR count). The molecule has 1 aromatic rings. The van der Waals surface area contributed by atoms with Crippen LogP contribution in [0.2, 0.25) is 0 Å². The second kappa shape index (κ2) is 4.56. The summed E-state index contributed by atoms with van der Waals surface area (Å²) in [6.07, 6.45) is 0.859. The van der Waals surface area contributed by atoms with Gasteiger partial charge in [0, 0.05) is 12.0 Å². The van der Waals surface area contributed by atoms with Crippen molar-refractivity contribution >= 4 is 5.78 Å². The van der Waals surface area contributed by atoms with Gasteiger partial charge in [0.2, 0.25) is 0 Å². The molecule has 0 aliphatic rings. The van der Waals surface area contributed by atoms with Gasteiger partial charge < -0.3 is 15.0 Å². The first-order valence-corrected chi connectivity index (χ1v) is 5.36. The van der Waals surface area contributed by atoms with E-state index in [0.29, 0.717) is 35.1 Å². The molecule has 0 aromatic heterocycles. The van der Waals surface area contributed by atoms with E-state index in [4.69, 9.17) is 0 Å². The Morgan fingerprint density at radius 2 is 1.50 bits per heavy atom. The number of phenolic OH excluding ortho intramolecular Hbond substituents is 2. The third-order valence-electron chi connectivity index (χ3n) is 3.09. The van der Waals surface area contributed by atoms with Gasteiger partial charge in [-0.15, -0.1) is 0 Å². The van der Waals surface area contributed by atoms with Crippen molar-refractivity contribution in [2.75, 3.05) is 0 Å². The topological polar surface area (TPSA) is 57.5 Å². The van der Waals surface area contributed by atoms with E-state index in [1.807, 2.05) is 0 Å². The Labute approximate surface area is 95.7 Å². The van der Waals surface area contributed by atoms with Gasteiger partial charge in [-0.3, -0.25) is 0 Å². The quantitative estimate of drug-likeness (QED) is 0.773. The SMILES string of the molecule is CC(=O)CCc1c(C)c(O)c(C)c(C)c1O. The van der Waals surface area contributed by atoms with Gasteiger partial charge in [0.25, 0.3) is 0 Å². The van der Waals surface area contributed by atoms with Gasteiger partial charge in [-0.1, -0.05) is 0 Å². The zero-order valence-electron chi connectivity index (χ0n) is 10.2. The van der Waals surface area contributed by atoms with E-state index in [1.54, 1.807) is 20.8 Å². The van der Waals surface area contributed by atoms with Crippen LogP contribution in [0.4, 0.5) is 0 Å². The molecule has 0 heterocycles. The number of aromatic hydroxyl groups is 2. The fourth-order valence-corrected chi connectivity index (χ4v) is 1.79. The van der Waals surface area contributed by atoms with Crippen molar-refractivity contribution < 1.29 is 15.0 Å². The third-order valence-corrected chi connectivity index (χ3v) is 3.09. The number of phenols is 2. The van der Waals surface area contributed by atoms with Crippen LogP contribution in [-0.4, -0.2) is 16.0 Å². The van der Waals surface area contributed by atoms with E-state index in [9.17, 15) is 15.0 Å². The molecular formula is C13H18O3. The molecule has 0 unspecified atom stereocenters. The summed E-state index contributed by atoms with van der Waals surface area (Å²) in [5.41, 5.74) is 2.72. The largest absolute Gasteiger partial charge is 0.507 e. The summed E-state index contributed by atoms with van der Waals surface area (Å²) in [4.78, 5) is 10.9. The van der Waals surface area contributed by atoms with Gasteiger partial charge in [-0.05, 0) is 50.8 Å². The van der Waals surface area contributed by atoms with E-state index in [-0.39, 0.29) is 17.3 Å². The van der Waals surface area contributed by atoms with Crippen LogP contribution in [0.3, 0.4) is 0 Å². The number of carbonyl (C=O) groups excluding carboxylic acids is 1. The zero-order valence-corrected chi connectivity index (χ0v) is 10.2. The maximum atomic E-state index is 10.9. The molecule has 0 saturated heterocycles. The minimum atomic E-state index is 0.0801. The Morgan fingerprint density at radius 1 is 1.00 bits per heavy atom. The van der Waals surface area contributed by atoms with E-state index >= 15 is 0 Å². The smallest absolute Gasteiger partial charge is 0.130 e. The minimum Gasteiger partial charge on any atom is -0.507 e. The summed E-state index contributed by atoms with van der Waals surface area (Å²) >= 11 is 0. The van der Waals surface area contributed by atoms with E-state index in [0.717, 1.165) is 0 Å². The van der Waals surface area contributed by atoms with E-state index in [2.05, 4.69) is 0 Å². The van der Waals surface area contributed by atoms with E-state index < -0.39 is 0 Å². The van der Waals surface area contributed by atoms with Gasteiger partial charge in [0.1, 0.15) is 17.3 Å². The molecule has 3 heteroatoms. The lowest BCUT2D eigenvalue weighted by Gasteiger charge is -2.15. The van der Waals surface area contributed by atoms with Crippen molar-refractivity contribution in [3.8, 4) is 11.5 Å². The maximum absolute atomic E-state index is 10.9. The Morgan fingerprint density at radius 3 is 2.00 bits per heavy atom. The fourth-order valence-electron chi connectivity index (χ4n) is 1.79. The summed E-state index contributed by atoms with van der Waals surface area (Å²) in [7, 11) is 0. The third kappa shape index (κ3) is 2.18. The van der Waals surface area contributed by atoms with Crippen molar-refractivity contribution in [1.82, 2.24) is 0 Å². The molecule has 0 saturated carbocycles. The van der Waals surface area contributed by atoms with Gasteiger partial charge in [-0.25, -0.2) is 0 Å². The van der Waals surface area contributed by atoms with Crippen LogP contribution in [0.15, 0.2) is 0 Å². The van der Waals surface area contributed by atoms with Crippen LogP contribution in [0, 0.1) is 20.8 Å². The van der Waals surface area contributed by atoms with Crippen molar-refractivity contribution in [2.45, 2.75) is 40.5 Å². The van der Waals surface area contributed by atoms with Crippen molar-refractivity contribution in [3.63, 3.8) is 0 Å². The molecule has 0 fully saturated rings. The average molecular weight is 222 g/mol. The first-order valence-electron chi connectivity index (χ1n) is 5.36. The van der Waals surface area contributed by atoms with Crippen LogP contribution in [0.25, 0.3) is 0 Å². The number of carbonyl (C=O) groups is 1. The Hall–Kier alpha value is -1.51. The summed E-state index contributed by atoms with van der Waals surface area (Å²) in [5, 5.41) is 19.8. The molecule has 1 aromatic carbocycles. The molecule has 0 bridgehead atoms. The number of ketones is 1. The highest BCUT2D eigenvalue weighted by Gasteiger charge is 2.16. The van der Waals surface area contributed by atoms with Crippen LogP contribution in [-0.2, 0) is 11.2 Å². The second-order valence-corrected chi connectivity index (χ2v) is 4.25. The van der Waals surface area contributed by atoms with Gasteiger partial charge in [-0.2, -0.15) is 0 Å². The lowest BCUT2D eigenvalue weighted by atomic mass is 9.94. The zero-order chi connectivity index (χ0) is 12.5. The molecule has 0 aliphatic heterocycles. The first-order chi connectivity index (χ1) is 7.36. The lowest BCUT2D eigenvalue weighted by molar-refractivity contribution is -0.116. The number of benzene rings is 1. The van der Waals surface area contributed by atoms with Gasteiger partial charge in [0.05, 0.1) is 0 Å². The minimum absolute atomic E-state index is 0.0801. The predicted molar refractivity (Wildman–Crippen MR) is 63.0 cm³/mol. The van der Waals surface area contributed by atoms with Crippen molar-refractivity contribution in [2.24, 2.45) is 0 Å². The first kappa shape index (κ1) is 12.6. The highest BCUT2D eigenvalue weighted by Crippen LogP contribution is 2.36. The van der Waals surface area contributed by atoms with Crippen molar-refractivity contribution in [1.29, 1.82) is 0 Å². The molecule has 3 nitrogen and oxygen atoms in total. The van der Waals surface area contributed by atoms with Crippen molar-refractivity contribution in [3.05, 3.63) is 22.3 Å². The standard InChI is InChI=1S/C13H18O3/c1-7(14)5-6-11-10(4)12(15)8(2)9(3)13(11)16/h15-16H,5-6H2,1-4H3. The average Bonchev–Trinajstić information content (AvgIpc) is 2.23. The number of rotatable bonds is 3.